The third-order valence-electron chi connectivity index (χ3n) is 1.92. The summed E-state index contributed by atoms with van der Waals surface area (Å²) >= 11 is 0. The van der Waals surface area contributed by atoms with Gasteiger partial charge in [0.05, 0.1) is 5.92 Å². The summed E-state index contributed by atoms with van der Waals surface area (Å²) in [4.78, 5) is 20.9. The smallest absolute Gasteiger partial charge is 0.307 e. The van der Waals surface area contributed by atoms with Crippen LogP contribution in [-0.4, -0.2) is 29.6 Å². The highest BCUT2D eigenvalue weighted by molar-refractivity contribution is 5.74. The van der Waals surface area contributed by atoms with Crippen LogP contribution in [0.25, 0.3) is 0 Å². The van der Waals surface area contributed by atoms with Crippen molar-refractivity contribution >= 4 is 12.3 Å². The summed E-state index contributed by atoms with van der Waals surface area (Å²) < 4.78 is 0. The second-order valence-electron chi connectivity index (χ2n) is 2.56. The van der Waals surface area contributed by atoms with Crippen molar-refractivity contribution in [1.29, 1.82) is 0 Å². The molecule has 4 nitrogen and oxygen atoms in total. The number of carbonyl (C=O) groups is 2. The lowest BCUT2D eigenvalue weighted by Gasteiger charge is -2.14. The van der Waals surface area contributed by atoms with E-state index in [9.17, 15) is 9.59 Å². The Labute approximate surface area is 78.6 Å². The minimum absolute atomic E-state index is 0.322. The monoisotopic (exact) mass is 190 g/mol. The lowest BCUT2D eigenvalue weighted by atomic mass is 9.89. The summed E-state index contributed by atoms with van der Waals surface area (Å²) in [5.41, 5.74) is 0. The number of aldehydes is 1. The van der Waals surface area contributed by atoms with Gasteiger partial charge in [-0.25, -0.2) is 0 Å². The molecule has 0 fully saturated rings. The number of aliphatic carboxylic acids is 1. The van der Waals surface area contributed by atoms with Gasteiger partial charge in [0.1, 0.15) is 6.29 Å². The van der Waals surface area contributed by atoms with Crippen LogP contribution in [0, 0.1) is 11.8 Å². The second kappa shape index (κ2) is 9.19. The first-order valence-electron chi connectivity index (χ1n) is 4.30. The molecule has 0 amide bonds. The van der Waals surface area contributed by atoms with E-state index in [4.69, 9.17) is 10.2 Å². The molecule has 0 aromatic heterocycles. The Bertz CT molecular complexity index is 145. The van der Waals surface area contributed by atoms with E-state index in [1.54, 1.807) is 6.92 Å². The molecule has 0 aliphatic carbocycles. The first-order chi connectivity index (χ1) is 6.17. The van der Waals surface area contributed by atoms with E-state index in [1.807, 2.05) is 6.92 Å². The Morgan fingerprint density at radius 2 is 1.77 bits per heavy atom. The summed E-state index contributed by atoms with van der Waals surface area (Å²) in [6.45, 7) is 3.61. The molecule has 2 unspecified atom stereocenters. The Kier molecular flexibility index (Phi) is 10.3. The molecule has 0 saturated carbocycles. The van der Waals surface area contributed by atoms with E-state index in [0.717, 1.165) is 13.4 Å². The fourth-order valence-electron chi connectivity index (χ4n) is 1.14. The number of carboxylic acids is 1. The van der Waals surface area contributed by atoms with Crippen LogP contribution in [0.2, 0.25) is 0 Å². The molecule has 0 saturated heterocycles. The first-order valence-corrected chi connectivity index (χ1v) is 4.30. The van der Waals surface area contributed by atoms with E-state index < -0.39 is 11.9 Å². The Morgan fingerprint density at radius 1 is 1.31 bits per heavy atom. The van der Waals surface area contributed by atoms with Gasteiger partial charge in [0.2, 0.25) is 0 Å². The zero-order chi connectivity index (χ0) is 10.9. The van der Waals surface area contributed by atoms with Crippen molar-refractivity contribution in [3.05, 3.63) is 0 Å². The van der Waals surface area contributed by atoms with E-state index in [1.165, 1.54) is 0 Å². The van der Waals surface area contributed by atoms with Gasteiger partial charge in [0.25, 0.3) is 0 Å². The number of aliphatic hydroxyl groups excluding tert-OH is 1. The highest BCUT2D eigenvalue weighted by Gasteiger charge is 2.24. The van der Waals surface area contributed by atoms with Gasteiger partial charge in [-0.05, 0) is 12.8 Å². The van der Waals surface area contributed by atoms with Crippen molar-refractivity contribution < 1.29 is 19.8 Å². The zero-order valence-electron chi connectivity index (χ0n) is 8.36. The Hall–Kier alpha value is -0.900. The molecule has 2 N–H and O–H groups in total. The molecule has 0 aromatic carbocycles. The van der Waals surface area contributed by atoms with Crippen LogP contribution in [0.15, 0.2) is 0 Å². The molecule has 0 aliphatic rings. The van der Waals surface area contributed by atoms with Gasteiger partial charge in [0, 0.05) is 13.0 Å². The van der Waals surface area contributed by atoms with E-state index in [0.29, 0.717) is 12.8 Å². The van der Waals surface area contributed by atoms with Crippen LogP contribution >= 0.6 is 0 Å². The molecule has 0 heterocycles. The standard InChI is InChI=1S/C8H14O3.CH4O/c1-3-6(5-9)7(4-2)8(10)11;1-2/h5-7H,3-4H2,1-2H3,(H,10,11);2H,1H3. The average molecular weight is 190 g/mol. The molecule has 0 radical (unpaired) electrons. The number of hydrogen-bond acceptors (Lipinski definition) is 3. The predicted octanol–water partition coefficient (Wildman–Crippen LogP) is 0.931. The van der Waals surface area contributed by atoms with Gasteiger partial charge in [-0.1, -0.05) is 13.8 Å². The normalized spacial score (nSPS) is 13.5. The molecule has 0 bridgehead atoms. The Balaban J connectivity index is 0. The summed E-state index contributed by atoms with van der Waals surface area (Å²) in [5, 5.41) is 15.6. The van der Waals surface area contributed by atoms with Crippen LogP contribution in [0.5, 0.6) is 0 Å². The van der Waals surface area contributed by atoms with Crippen LogP contribution in [-0.2, 0) is 9.59 Å². The predicted molar refractivity (Wildman–Crippen MR) is 49.4 cm³/mol. The fraction of sp³-hybridized carbons (Fsp3) is 0.778. The number of aliphatic hydroxyl groups is 1. The third-order valence-corrected chi connectivity index (χ3v) is 1.92. The molecular weight excluding hydrogens is 172 g/mol. The lowest BCUT2D eigenvalue weighted by Crippen LogP contribution is -2.23. The summed E-state index contributed by atoms with van der Waals surface area (Å²) in [5.74, 6) is -1.69. The van der Waals surface area contributed by atoms with E-state index >= 15 is 0 Å². The van der Waals surface area contributed by atoms with Gasteiger partial charge in [0.15, 0.2) is 0 Å². The molecule has 0 spiro atoms. The van der Waals surface area contributed by atoms with Crippen molar-refractivity contribution in [3.8, 4) is 0 Å². The van der Waals surface area contributed by atoms with Crippen LogP contribution < -0.4 is 0 Å². The largest absolute Gasteiger partial charge is 0.481 e. The van der Waals surface area contributed by atoms with Gasteiger partial charge in [-0.15, -0.1) is 0 Å². The molecule has 13 heavy (non-hydrogen) atoms. The van der Waals surface area contributed by atoms with E-state index in [-0.39, 0.29) is 5.92 Å². The highest BCUT2D eigenvalue weighted by atomic mass is 16.4. The van der Waals surface area contributed by atoms with Crippen LogP contribution in [0.1, 0.15) is 26.7 Å². The SMILES string of the molecule is CCC(C=O)C(CC)C(=O)O.CO. The number of rotatable bonds is 5. The van der Waals surface area contributed by atoms with Crippen molar-refractivity contribution in [2.75, 3.05) is 7.11 Å². The topological polar surface area (TPSA) is 74.6 Å². The van der Waals surface area contributed by atoms with Crippen LogP contribution in [0.4, 0.5) is 0 Å². The maximum atomic E-state index is 10.5. The molecule has 2 atom stereocenters. The maximum Gasteiger partial charge on any atom is 0.307 e. The molecule has 4 heteroatoms. The first kappa shape index (κ1) is 14.6. The third kappa shape index (κ3) is 5.36. The molecule has 0 aromatic rings. The quantitative estimate of drug-likeness (QED) is 0.632. The summed E-state index contributed by atoms with van der Waals surface area (Å²) in [6.07, 6.45) is 1.86. The minimum Gasteiger partial charge on any atom is -0.481 e. The minimum atomic E-state index is -0.869. The van der Waals surface area contributed by atoms with Crippen molar-refractivity contribution in [2.24, 2.45) is 11.8 Å². The lowest BCUT2D eigenvalue weighted by molar-refractivity contribution is -0.145. The average Bonchev–Trinajstić information content (AvgIpc) is 2.16. The molecular formula is C9H18O4. The van der Waals surface area contributed by atoms with E-state index in [2.05, 4.69) is 0 Å². The Morgan fingerprint density at radius 3 is 1.85 bits per heavy atom. The fourth-order valence-corrected chi connectivity index (χ4v) is 1.14. The van der Waals surface area contributed by atoms with Gasteiger partial charge >= 0.3 is 5.97 Å². The molecule has 0 rings (SSSR count). The molecule has 78 valence electrons. The van der Waals surface area contributed by atoms with Crippen molar-refractivity contribution in [1.82, 2.24) is 0 Å². The molecule has 0 aliphatic heterocycles. The number of carboxylic acid groups (broad SMARTS) is 1. The zero-order valence-corrected chi connectivity index (χ0v) is 8.36. The highest BCUT2D eigenvalue weighted by Crippen LogP contribution is 2.17. The summed E-state index contributed by atoms with van der Waals surface area (Å²) in [6, 6.07) is 0. The number of carbonyl (C=O) groups excluding carboxylic acids is 1. The second-order valence-corrected chi connectivity index (χ2v) is 2.56. The number of hydrogen-bond donors (Lipinski definition) is 2. The summed E-state index contributed by atoms with van der Waals surface area (Å²) in [7, 11) is 1.00. The van der Waals surface area contributed by atoms with Gasteiger partial charge < -0.3 is 15.0 Å². The van der Waals surface area contributed by atoms with Crippen LogP contribution in [0.3, 0.4) is 0 Å². The van der Waals surface area contributed by atoms with Gasteiger partial charge in [-0.3, -0.25) is 4.79 Å². The van der Waals surface area contributed by atoms with Crippen molar-refractivity contribution in [2.45, 2.75) is 26.7 Å². The van der Waals surface area contributed by atoms with Crippen molar-refractivity contribution in [3.63, 3.8) is 0 Å². The van der Waals surface area contributed by atoms with Gasteiger partial charge in [-0.2, -0.15) is 0 Å². The maximum absolute atomic E-state index is 10.5.